The fourth-order valence-electron chi connectivity index (χ4n) is 3.14. The van der Waals surface area contributed by atoms with E-state index in [-0.39, 0.29) is 0 Å². The molecule has 2 aliphatic carbocycles. The van der Waals surface area contributed by atoms with Gasteiger partial charge in [0, 0.05) is 24.7 Å². The summed E-state index contributed by atoms with van der Waals surface area (Å²) in [5.41, 5.74) is 6.80. The lowest BCUT2D eigenvalue weighted by atomic mass is 9.87. The second-order valence-electron chi connectivity index (χ2n) is 6.94. The van der Waals surface area contributed by atoms with Crippen molar-refractivity contribution in [3.63, 3.8) is 0 Å². The molecule has 0 spiro atoms. The quantitative estimate of drug-likeness (QED) is 0.795. The SMILES string of the molecule is CC(C)CN(C1CC1)C1CCC(C)(C)C1N. The van der Waals surface area contributed by atoms with Crippen LogP contribution in [0.5, 0.6) is 0 Å². The fourth-order valence-corrected chi connectivity index (χ4v) is 3.14. The third-order valence-electron chi connectivity index (χ3n) is 4.42. The summed E-state index contributed by atoms with van der Waals surface area (Å²) in [5.74, 6) is 0.761. The highest BCUT2D eigenvalue weighted by Crippen LogP contribution is 2.42. The van der Waals surface area contributed by atoms with Crippen molar-refractivity contribution in [2.24, 2.45) is 17.1 Å². The van der Waals surface area contributed by atoms with E-state index in [4.69, 9.17) is 5.73 Å². The Morgan fingerprint density at radius 1 is 1.25 bits per heavy atom. The van der Waals surface area contributed by atoms with Crippen molar-refractivity contribution in [1.82, 2.24) is 4.90 Å². The Kier molecular flexibility index (Phi) is 3.33. The molecule has 0 radical (unpaired) electrons. The van der Waals surface area contributed by atoms with Gasteiger partial charge in [0.05, 0.1) is 0 Å². The smallest absolute Gasteiger partial charge is 0.0255 e. The fraction of sp³-hybridized carbons (Fsp3) is 1.00. The molecule has 2 fully saturated rings. The second-order valence-corrected chi connectivity index (χ2v) is 6.94. The lowest BCUT2D eigenvalue weighted by Crippen LogP contribution is -2.51. The number of nitrogens with two attached hydrogens (primary N) is 1. The first-order valence-electron chi connectivity index (χ1n) is 6.93. The minimum absolute atomic E-state index is 0.342. The third-order valence-corrected chi connectivity index (χ3v) is 4.42. The molecule has 2 rings (SSSR count). The first-order valence-corrected chi connectivity index (χ1v) is 6.93. The Bertz CT molecular complexity index is 243. The van der Waals surface area contributed by atoms with Crippen LogP contribution in [0.25, 0.3) is 0 Å². The van der Waals surface area contributed by atoms with Gasteiger partial charge in [-0.15, -0.1) is 0 Å². The Morgan fingerprint density at radius 2 is 1.88 bits per heavy atom. The maximum absolute atomic E-state index is 6.46. The predicted molar refractivity (Wildman–Crippen MR) is 69.3 cm³/mol. The second kappa shape index (κ2) is 4.30. The Labute approximate surface area is 101 Å². The molecule has 0 saturated heterocycles. The molecule has 0 heterocycles. The molecule has 0 aromatic carbocycles. The number of nitrogens with zero attached hydrogens (tertiary/aromatic N) is 1. The van der Waals surface area contributed by atoms with Crippen LogP contribution >= 0.6 is 0 Å². The molecule has 2 saturated carbocycles. The van der Waals surface area contributed by atoms with Crippen LogP contribution in [0.4, 0.5) is 0 Å². The normalized spacial score (nSPS) is 33.9. The van der Waals surface area contributed by atoms with Crippen molar-refractivity contribution in [2.75, 3.05) is 6.54 Å². The van der Waals surface area contributed by atoms with E-state index in [1.807, 2.05) is 0 Å². The first-order chi connectivity index (χ1) is 7.42. The van der Waals surface area contributed by atoms with Gasteiger partial charge in [-0.2, -0.15) is 0 Å². The Balaban J connectivity index is 2.03. The van der Waals surface area contributed by atoms with Crippen LogP contribution in [-0.2, 0) is 0 Å². The van der Waals surface area contributed by atoms with Gasteiger partial charge in [0.1, 0.15) is 0 Å². The molecule has 2 N–H and O–H groups in total. The first kappa shape index (κ1) is 12.4. The summed E-state index contributed by atoms with van der Waals surface area (Å²) in [5, 5.41) is 0. The van der Waals surface area contributed by atoms with Crippen molar-refractivity contribution < 1.29 is 0 Å². The highest BCUT2D eigenvalue weighted by molar-refractivity contribution is 5.02. The van der Waals surface area contributed by atoms with Crippen molar-refractivity contribution in [1.29, 1.82) is 0 Å². The molecule has 16 heavy (non-hydrogen) atoms. The van der Waals surface area contributed by atoms with Gasteiger partial charge in [0.15, 0.2) is 0 Å². The van der Waals surface area contributed by atoms with Crippen LogP contribution in [0.1, 0.15) is 53.4 Å². The largest absolute Gasteiger partial charge is 0.326 e. The molecule has 2 atom stereocenters. The van der Waals surface area contributed by atoms with E-state index in [9.17, 15) is 0 Å². The van der Waals surface area contributed by atoms with Gasteiger partial charge in [-0.25, -0.2) is 0 Å². The van der Waals surface area contributed by atoms with Crippen molar-refractivity contribution >= 4 is 0 Å². The molecular formula is C14H28N2. The van der Waals surface area contributed by atoms with Crippen LogP contribution in [0.3, 0.4) is 0 Å². The maximum Gasteiger partial charge on any atom is 0.0255 e. The monoisotopic (exact) mass is 224 g/mol. The molecule has 2 unspecified atom stereocenters. The highest BCUT2D eigenvalue weighted by atomic mass is 15.2. The van der Waals surface area contributed by atoms with Gasteiger partial charge in [-0.1, -0.05) is 27.7 Å². The predicted octanol–water partition coefficient (Wildman–Crippen LogP) is 2.62. The molecule has 0 aliphatic heterocycles. The summed E-state index contributed by atoms with van der Waals surface area (Å²) in [6.45, 7) is 10.5. The summed E-state index contributed by atoms with van der Waals surface area (Å²) in [4.78, 5) is 2.73. The van der Waals surface area contributed by atoms with E-state index in [2.05, 4.69) is 32.6 Å². The molecule has 2 aliphatic rings. The molecule has 94 valence electrons. The van der Waals surface area contributed by atoms with Crippen LogP contribution in [0.15, 0.2) is 0 Å². The number of rotatable bonds is 4. The highest BCUT2D eigenvalue weighted by Gasteiger charge is 2.45. The minimum Gasteiger partial charge on any atom is -0.326 e. The van der Waals surface area contributed by atoms with E-state index in [0.29, 0.717) is 17.5 Å². The van der Waals surface area contributed by atoms with Gasteiger partial charge in [-0.3, -0.25) is 4.90 Å². The topological polar surface area (TPSA) is 29.3 Å². The number of hydrogen-bond acceptors (Lipinski definition) is 2. The molecule has 0 aromatic heterocycles. The van der Waals surface area contributed by atoms with Crippen LogP contribution < -0.4 is 5.73 Å². The van der Waals surface area contributed by atoms with E-state index >= 15 is 0 Å². The average molecular weight is 224 g/mol. The zero-order valence-corrected chi connectivity index (χ0v) is 11.4. The molecule has 0 amide bonds. The van der Waals surface area contributed by atoms with E-state index in [1.165, 1.54) is 32.2 Å². The zero-order chi connectivity index (χ0) is 11.9. The van der Waals surface area contributed by atoms with E-state index < -0.39 is 0 Å². The van der Waals surface area contributed by atoms with Crippen LogP contribution in [0.2, 0.25) is 0 Å². The summed E-state index contributed by atoms with van der Waals surface area (Å²) in [6.07, 6.45) is 5.39. The van der Waals surface area contributed by atoms with E-state index in [0.717, 1.165) is 12.0 Å². The van der Waals surface area contributed by atoms with Crippen LogP contribution in [-0.4, -0.2) is 29.6 Å². The summed E-state index contributed by atoms with van der Waals surface area (Å²) in [6, 6.07) is 1.86. The van der Waals surface area contributed by atoms with Crippen molar-refractivity contribution in [3.8, 4) is 0 Å². The molecule has 0 aromatic rings. The lowest BCUT2D eigenvalue weighted by Gasteiger charge is -2.36. The van der Waals surface area contributed by atoms with Crippen LogP contribution in [0, 0.1) is 11.3 Å². The van der Waals surface area contributed by atoms with Gasteiger partial charge in [0.2, 0.25) is 0 Å². The summed E-state index contributed by atoms with van der Waals surface area (Å²) >= 11 is 0. The lowest BCUT2D eigenvalue weighted by molar-refractivity contribution is 0.139. The summed E-state index contributed by atoms with van der Waals surface area (Å²) in [7, 11) is 0. The van der Waals surface area contributed by atoms with Gasteiger partial charge in [-0.05, 0) is 37.0 Å². The summed E-state index contributed by atoms with van der Waals surface area (Å²) < 4.78 is 0. The zero-order valence-electron chi connectivity index (χ0n) is 11.4. The molecule has 2 heteroatoms. The Hall–Kier alpha value is -0.0800. The molecular weight excluding hydrogens is 196 g/mol. The standard InChI is InChI=1S/C14H28N2/c1-10(2)9-16(11-5-6-11)12-7-8-14(3,4)13(12)15/h10-13H,5-9,15H2,1-4H3. The maximum atomic E-state index is 6.46. The average Bonchev–Trinajstić information content (AvgIpc) is 2.94. The number of hydrogen-bond donors (Lipinski definition) is 1. The van der Waals surface area contributed by atoms with Crippen molar-refractivity contribution in [2.45, 2.75) is 71.5 Å². The van der Waals surface area contributed by atoms with Gasteiger partial charge in [0.25, 0.3) is 0 Å². The molecule has 0 bridgehead atoms. The van der Waals surface area contributed by atoms with E-state index in [1.54, 1.807) is 0 Å². The minimum atomic E-state index is 0.342. The Morgan fingerprint density at radius 3 is 2.25 bits per heavy atom. The van der Waals surface area contributed by atoms with Gasteiger partial charge < -0.3 is 5.73 Å². The van der Waals surface area contributed by atoms with Crippen molar-refractivity contribution in [3.05, 3.63) is 0 Å². The molecule has 2 nitrogen and oxygen atoms in total. The van der Waals surface area contributed by atoms with Gasteiger partial charge >= 0.3 is 0 Å². The third kappa shape index (κ3) is 2.43.